The van der Waals surface area contributed by atoms with Crippen LogP contribution in [0.2, 0.25) is 0 Å². The molecule has 0 radical (unpaired) electrons. The van der Waals surface area contributed by atoms with Gasteiger partial charge in [-0.2, -0.15) is 0 Å². The van der Waals surface area contributed by atoms with E-state index in [0.717, 1.165) is 94.2 Å². The summed E-state index contributed by atoms with van der Waals surface area (Å²) in [6.45, 7) is 0. The van der Waals surface area contributed by atoms with Crippen LogP contribution in [0.15, 0.2) is 224 Å². The molecular formula is C63H37N5. The van der Waals surface area contributed by atoms with Crippen LogP contribution in [-0.2, 0) is 0 Å². The first-order valence-corrected chi connectivity index (χ1v) is 23.0. The molecule has 0 saturated heterocycles. The summed E-state index contributed by atoms with van der Waals surface area (Å²) in [4.78, 5) is 25.8. The molecule has 0 unspecified atom stereocenters. The fourth-order valence-corrected chi connectivity index (χ4v) is 10.3. The van der Waals surface area contributed by atoms with Gasteiger partial charge in [0, 0.05) is 38.2 Å². The van der Waals surface area contributed by atoms with E-state index < -0.39 is 0 Å². The van der Waals surface area contributed by atoms with Gasteiger partial charge in [0.1, 0.15) is 5.69 Å². The molecule has 0 spiro atoms. The van der Waals surface area contributed by atoms with E-state index in [0.29, 0.717) is 5.82 Å². The minimum atomic E-state index is 0.599. The number of para-hydroxylation sites is 1. The van der Waals surface area contributed by atoms with Gasteiger partial charge in [0.15, 0.2) is 5.82 Å². The summed E-state index contributed by atoms with van der Waals surface area (Å²) in [5.41, 5.74) is 19.9. The third-order valence-corrected chi connectivity index (χ3v) is 13.6. The maximum Gasteiger partial charge on any atom is 0.179 e. The second-order valence-electron chi connectivity index (χ2n) is 17.6. The minimum absolute atomic E-state index is 0.599. The van der Waals surface area contributed by atoms with Crippen LogP contribution < -0.4 is 0 Å². The van der Waals surface area contributed by atoms with Crippen LogP contribution >= 0.6 is 0 Å². The van der Waals surface area contributed by atoms with Crippen molar-refractivity contribution in [2.75, 3.05) is 0 Å². The first-order chi connectivity index (χ1) is 33.7. The Morgan fingerprint density at radius 2 is 0.824 bits per heavy atom. The summed E-state index contributed by atoms with van der Waals surface area (Å²) in [7, 11) is 0. The molecule has 4 heterocycles. The lowest BCUT2D eigenvalue weighted by molar-refractivity contribution is 1.19. The normalized spacial score (nSPS) is 11.8. The predicted octanol–water partition coefficient (Wildman–Crippen LogP) is 16.1. The molecular weight excluding hydrogens is 827 g/mol. The number of fused-ring (bicyclic) bond motifs is 8. The zero-order valence-corrected chi connectivity index (χ0v) is 36.6. The number of pyridine rings is 3. The minimum Gasteiger partial charge on any atom is -0.245 e. The average Bonchev–Trinajstić information content (AvgIpc) is 3.74. The van der Waals surface area contributed by atoms with Gasteiger partial charge in [-0.1, -0.05) is 182 Å². The lowest BCUT2D eigenvalue weighted by Gasteiger charge is -2.12. The second kappa shape index (κ2) is 15.2. The molecule has 0 bridgehead atoms. The van der Waals surface area contributed by atoms with Crippen LogP contribution in [0.4, 0.5) is 0 Å². The van der Waals surface area contributed by atoms with E-state index in [2.05, 4.69) is 182 Å². The topological polar surface area (TPSA) is 64.5 Å². The van der Waals surface area contributed by atoms with Crippen LogP contribution in [0.25, 0.3) is 144 Å². The lowest BCUT2D eigenvalue weighted by atomic mass is 9.93. The van der Waals surface area contributed by atoms with Crippen molar-refractivity contribution in [3.05, 3.63) is 224 Å². The van der Waals surface area contributed by atoms with Crippen LogP contribution in [0.3, 0.4) is 0 Å². The van der Waals surface area contributed by atoms with Crippen molar-refractivity contribution in [1.82, 2.24) is 24.9 Å². The molecule has 314 valence electrons. The standard InChI is InChI=1S/C63H37N5/c1-2-11-41(12-3-1)60-53-37-45(29-34-57(53)67-63(68-60)58-35-26-39-10-4-7-19-54(39)64-58)44-13-8-14-46(36-44)56-33-28-43-25-24-42-27-32-55(65-61(42)62(43)66-56)40-22-20-38(21-23-40)47-30-31-52-49-16-6-5-15-48(49)51-18-9-17-50(47)59(51)52/h1-37H. The highest BCUT2D eigenvalue weighted by Crippen LogP contribution is 2.49. The van der Waals surface area contributed by atoms with Crippen molar-refractivity contribution in [2.45, 2.75) is 0 Å². The van der Waals surface area contributed by atoms with E-state index in [9.17, 15) is 0 Å². The van der Waals surface area contributed by atoms with Crippen molar-refractivity contribution in [2.24, 2.45) is 0 Å². The summed E-state index contributed by atoms with van der Waals surface area (Å²) >= 11 is 0. The Morgan fingerprint density at radius 1 is 0.250 bits per heavy atom. The molecule has 4 aromatic heterocycles. The molecule has 14 rings (SSSR count). The van der Waals surface area contributed by atoms with Gasteiger partial charge < -0.3 is 0 Å². The van der Waals surface area contributed by atoms with Crippen LogP contribution in [0.5, 0.6) is 0 Å². The molecule has 0 saturated carbocycles. The molecule has 5 heteroatoms. The van der Waals surface area contributed by atoms with E-state index in [1.807, 2.05) is 42.5 Å². The Labute approximate surface area is 391 Å². The number of rotatable bonds is 6. The lowest BCUT2D eigenvalue weighted by Crippen LogP contribution is -1.97. The molecule has 9 aromatic carbocycles. The Bertz CT molecular complexity index is 4170. The van der Waals surface area contributed by atoms with Gasteiger partial charge in [-0.15, -0.1) is 0 Å². The van der Waals surface area contributed by atoms with E-state index >= 15 is 0 Å². The Balaban J connectivity index is 0.808. The van der Waals surface area contributed by atoms with Crippen molar-refractivity contribution < 1.29 is 0 Å². The largest absolute Gasteiger partial charge is 0.245 e. The predicted molar refractivity (Wildman–Crippen MR) is 280 cm³/mol. The number of nitrogens with zero attached hydrogens (tertiary/aromatic N) is 5. The number of benzene rings is 9. The highest BCUT2D eigenvalue weighted by molar-refractivity contribution is 6.18. The molecule has 0 atom stereocenters. The van der Waals surface area contributed by atoms with Crippen LogP contribution in [0.1, 0.15) is 0 Å². The smallest absolute Gasteiger partial charge is 0.179 e. The first-order valence-electron chi connectivity index (χ1n) is 23.0. The van der Waals surface area contributed by atoms with Crippen LogP contribution in [-0.4, -0.2) is 24.9 Å². The van der Waals surface area contributed by atoms with E-state index in [4.69, 9.17) is 24.9 Å². The summed E-state index contributed by atoms with van der Waals surface area (Å²) in [5.74, 6) is 0.599. The Hall–Kier alpha value is -9.19. The average molecular weight is 864 g/mol. The fourth-order valence-electron chi connectivity index (χ4n) is 10.3. The van der Waals surface area contributed by atoms with Crippen LogP contribution in [0, 0.1) is 0 Å². The third-order valence-electron chi connectivity index (χ3n) is 13.6. The summed E-state index contributed by atoms with van der Waals surface area (Å²) in [6, 6.07) is 79.3. The number of hydrogen-bond donors (Lipinski definition) is 0. The molecule has 1 aliphatic rings. The maximum atomic E-state index is 5.33. The summed E-state index contributed by atoms with van der Waals surface area (Å²) in [5, 5.41) is 6.77. The second-order valence-corrected chi connectivity index (χ2v) is 17.6. The van der Waals surface area contributed by atoms with Gasteiger partial charge in [0.2, 0.25) is 0 Å². The van der Waals surface area contributed by atoms with E-state index in [1.54, 1.807) is 0 Å². The highest BCUT2D eigenvalue weighted by Gasteiger charge is 2.22. The summed E-state index contributed by atoms with van der Waals surface area (Å²) < 4.78 is 0. The molecule has 1 aliphatic carbocycles. The van der Waals surface area contributed by atoms with Gasteiger partial charge in [-0.3, -0.25) is 0 Å². The maximum absolute atomic E-state index is 5.33. The van der Waals surface area contributed by atoms with Gasteiger partial charge >= 0.3 is 0 Å². The van der Waals surface area contributed by atoms with Gasteiger partial charge in [0.25, 0.3) is 0 Å². The fraction of sp³-hybridized carbons (Fsp3) is 0. The number of hydrogen-bond acceptors (Lipinski definition) is 5. The molecule has 0 fully saturated rings. The molecule has 5 nitrogen and oxygen atoms in total. The summed E-state index contributed by atoms with van der Waals surface area (Å²) in [6.07, 6.45) is 0. The highest BCUT2D eigenvalue weighted by atomic mass is 14.9. The monoisotopic (exact) mass is 863 g/mol. The van der Waals surface area contributed by atoms with Crippen molar-refractivity contribution in [1.29, 1.82) is 0 Å². The molecule has 0 aliphatic heterocycles. The molecule has 13 aromatic rings. The quantitative estimate of drug-likeness (QED) is 0.156. The van der Waals surface area contributed by atoms with Gasteiger partial charge in [0.05, 0.1) is 39.1 Å². The van der Waals surface area contributed by atoms with Crippen molar-refractivity contribution in [3.63, 3.8) is 0 Å². The zero-order chi connectivity index (χ0) is 44.7. The van der Waals surface area contributed by atoms with E-state index in [1.165, 1.54) is 44.2 Å². The SMILES string of the molecule is c1ccc(-c2nc(-c3ccc4ccccc4n3)nc3ccc(-c4cccc(-c5ccc6ccc7ccc(-c8ccc(-c9ccc%10c%11c(cccc9%11)-c9ccccc9-%10)cc8)nc7c6n5)c4)cc23)cc1. The van der Waals surface area contributed by atoms with Gasteiger partial charge in [-0.25, -0.2) is 24.9 Å². The molecule has 0 N–H and O–H groups in total. The Kier molecular flexibility index (Phi) is 8.52. The van der Waals surface area contributed by atoms with Crippen molar-refractivity contribution >= 4 is 54.4 Å². The molecule has 68 heavy (non-hydrogen) atoms. The number of aromatic nitrogens is 5. The molecule has 0 amide bonds. The first kappa shape index (κ1) is 38.1. The van der Waals surface area contributed by atoms with Gasteiger partial charge in [-0.05, 0) is 97.7 Å². The third kappa shape index (κ3) is 6.21. The van der Waals surface area contributed by atoms with E-state index in [-0.39, 0.29) is 0 Å². The Morgan fingerprint density at radius 3 is 1.63 bits per heavy atom. The van der Waals surface area contributed by atoms with Crippen molar-refractivity contribution in [3.8, 4) is 89.8 Å². The zero-order valence-electron chi connectivity index (χ0n) is 36.6.